The topological polar surface area (TPSA) is 15.3 Å². The minimum atomic E-state index is -0.442. The number of benzene rings is 1. The van der Waals surface area contributed by atoms with Crippen molar-refractivity contribution in [3.63, 3.8) is 0 Å². The van der Waals surface area contributed by atoms with E-state index in [0.29, 0.717) is 24.1 Å². The summed E-state index contributed by atoms with van der Waals surface area (Å²) in [5, 5.41) is 3.19. The molecule has 1 aromatic rings. The maximum atomic E-state index is 14.4. The van der Waals surface area contributed by atoms with Crippen molar-refractivity contribution in [2.24, 2.45) is 5.92 Å². The Morgan fingerprint density at radius 2 is 1.81 bits per heavy atom. The zero-order valence-electron chi connectivity index (χ0n) is 13.4. The molecule has 0 bridgehead atoms. The number of halogens is 2. The van der Waals surface area contributed by atoms with Crippen LogP contribution in [0, 0.1) is 17.6 Å². The molecule has 1 aliphatic heterocycles. The van der Waals surface area contributed by atoms with Crippen molar-refractivity contribution in [2.45, 2.75) is 59.2 Å². The van der Waals surface area contributed by atoms with Crippen LogP contribution in [0.25, 0.3) is 0 Å². The predicted octanol–water partition coefficient (Wildman–Crippen LogP) is 4.09. The summed E-state index contributed by atoms with van der Waals surface area (Å²) >= 11 is 0. The molecule has 21 heavy (non-hydrogen) atoms. The van der Waals surface area contributed by atoms with Gasteiger partial charge in [0.15, 0.2) is 0 Å². The van der Waals surface area contributed by atoms with E-state index in [1.807, 2.05) is 18.7 Å². The van der Waals surface area contributed by atoms with E-state index in [2.05, 4.69) is 19.2 Å². The van der Waals surface area contributed by atoms with Gasteiger partial charge < -0.3 is 10.2 Å². The lowest BCUT2D eigenvalue weighted by molar-refractivity contribution is 0.476. The van der Waals surface area contributed by atoms with Gasteiger partial charge in [0.25, 0.3) is 0 Å². The standard InChI is InChI=1S/C17H26F2N2/c1-11(2)16-6-5-7-21(16)17-14(18)8-13(9-15(17)19)10-20-12(3)4/h8-9,11-12,16,20H,5-7,10H2,1-4H3. The zero-order chi connectivity index (χ0) is 15.6. The first-order chi connectivity index (χ1) is 9.90. The molecule has 1 fully saturated rings. The van der Waals surface area contributed by atoms with Gasteiger partial charge in [-0.3, -0.25) is 0 Å². The second kappa shape index (κ2) is 6.73. The monoisotopic (exact) mass is 296 g/mol. The highest BCUT2D eigenvalue weighted by atomic mass is 19.1. The van der Waals surface area contributed by atoms with Gasteiger partial charge in [0.2, 0.25) is 0 Å². The minimum Gasteiger partial charge on any atom is -0.364 e. The van der Waals surface area contributed by atoms with Gasteiger partial charge in [-0.1, -0.05) is 27.7 Å². The lowest BCUT2D eigenvalue weighted by Crippen LogP contribution is -2.34. The van der Waals surface area contributed by atoms with Crippen molar-refractivity contribution in [3.8, 4) is 0 Å². The Morgan fingerprint density at radius 3 is 2.33 bits per heavy atom. The first-order valence-corrected chi connectivity index (χ1v) is 7.88. The predicted molar refractivity (Wildman–Crippen MR) is 83.5 cm³/mol. The molecule has 1 heterocycles. The Hall–Kier alpha value is -1.16. The van der Waals surface area contributed by atoms with E-state index >= 15 is 0 Å². The summed E-state index contributed by atoms with van der Waals surface area (Å²) in [6.07, 6.45) is 2.01. The maximum absolute atomic E-state index is 14.4. The molecule has 0 saturated carbocycles. The fourth-order valence-electron chi connectivity index (χ4n) is 3.08. The molecule has 1 N–H and O–H groups in total. The summed E-state index contributed by atoms with van der Waals surface area (Å²) in [6, 6.07) is 3.45. The molecule has 0 spiro atoms. The highest BCUT2D eigenvalue weighted by molar-refractivity contribution is 5.52. The van der Waals surface area contributed by atoms with Crippen molar-refractivity contribution in [1.82, 2.24) is 5.32 Å². The SMILES string of the molecule is CC(C)NCc1cc(F)c(N2CCCC2C(C)C)c(F)c1. The average molecular weight is 296 g/mol. The van der Waals surface area contributed by atoms with Crippen LogP contribution in [0.15, 0.2) is 12.1 Å². The summed E-state index contributed by atoms with van der Waals surface area (Å²) in [7, 11) is 0. The molecule has 0 radical (unpaired) electrons. The minimum absolute atomic E-state index is 0.152. The van der Waals surface area contributed by atoms with Crippen LogP contribution in [-0.4, -0.2) is 18.6 Å². The Kier molecular flexibility index (Phi) is 5.20. The normalized spacial score (nSPS) is 19.0. The number of nitrogens with zero attached hydrogens (tertiary/aromatic N) is 1. The molecule has 1 atom stereocenters. The average Bonchev–Trinajstić information content (AvgIpc) is 2.84. The van der Waals surface area contributed by atoms with E-state index in [1.165, 1.54) is 12.1 Å². The van der Waals surface area contributed by atoms with Gasteiger partial charge in [-0.05, 0) is 36.5 Å². The number of nitrogens with one attached hydrogen (secondary N) is 1. The lowest BCUT2D eigenvalue weighted by Gasteiger charge is -2.30. The van der Waals surface area contributed by atoms with Crippen molar-refractivity contribution < 1.29 is 8.78 Å². The Morgan fingerprint density at radius 1 is 1.19 bits per heavy atom. The molecule has 1 aliphatic rings. The molecule has 1 saturated heterocycles. The van der Waals surface area contributed by atoms with Crippen LogP contribution in [-0.2, 0) is 6.54 Å². The highest BCUT2D eigenvalue weighted by Crippen LogP contribution is 2.34. The Balaban J connectivity index is 2.24. The molecule has 2 nitrogen and oxygen atoms in total. The molecule has 0 amide bonds. The van der Waals surface area contributed by atoms with Crippen molar-refractivity contribution in [3.05, 3.63) is 29.3 Å². The van der Waals surface area contributed by atoms with Gasteiger partial charge >= 0.3 is 0 Å². The van der Waals surface area contributed by atoms with E-state index in [-0.39, 0.29) is 11.7 Å². The fourth-order valence-corrected chi connectivity index (χ4v) is 3.08. The molecule has 0 aliphatic carbocycles. The van der Waals surface area contributed by atoms with Crippen LogP contribution in [0.3, 0.4) is 0 Å². The third-order valence-corrected chi connectivity index (χ3v) is 4.15. The second-order valence-corrected chi connectivity index (χ2v) is 6.59. The summed E-state index contributed by atoms with van der Waals surface area (Å²) in [5.74, 6) is -0.486. The number of hydrogen-bond acceptors (Lipinski definition) is 2. The summed E-state index contributed by atoms with van der Waals surface area (Å²) in [5.41, 5.74) is 0.808. The number of hydrogen-bond donors (Lipinski definition) is 1. The van der Waals surface area contributed by atoms with Crippen LogP contribution >= 0.6 is 0 Å². The van der Waals surface area contributed by atoms with Crippen molar-refractivity contribution in [1.29, 1.82) is 0 Å². The molecule has 118 valence electrons. The van der Waals surface area contributed by atoms with Gasteiger partial charge in [-0.2, -0.15) is 0 Å². The molecule has 4 heteroatoms. The Labute approximate surface area is 126 Å². The van der Waals surface area contributed by atoms with Crippen LogP contribution in [0.5, 0.6) is 0 Å². The largest absolute Gasteiger partial charge is 0.364 e. The van der Waals surface area contributed by atoms with Crippen LogP contribution < -0.4 is 10.2 Å². The van der Waals surface area contributed by atoms with Crippen LogP contribution in [0.4, 0.5) is 14.5 Å². The summed E-state index contributed by atoms with van der Waals surface area (Å²) < 4.78 is 28.8. The van der Waals surface area contributed by atoms with Crippen LogP contribution in [0.2, 0.25) is 0 Å². The fraction of sp³-hybridized carbons (Fsp3) is 0.647. The smallest absolute Gasteiger partial charge is 0.149 e. The highest BCUT2D eigenvalue weighted by Gasteiger charge is 2.31. The number of rotatable bonds is 5. The first-order valence-electron chi connectivity index (χ1n) is 7.88. The van der Waals surface area contributed by atoms with Gasteiger partial charge in [-0.25, -0.2) is 8.78 Å². The molecule has 1 aromatic carbocycles. The maximum Gasteiger partial charge on any atom is 0.149 e. The lowest BCUT2D eigenvalue weighted by atomic mass is 10.0. The third-order valence-electron chi connectivity index (χ3n) is 4.15. The van der Waals surface area contributed by atoms with Gasteiger partial charge in [0, 0.05) is 25.2 Å². The quantitative estimate of drug-likeness (QED) is 0.880. The van der Waals surface area contributed by atoms with Crippen molar-refractivity contribution >= 4 is 5.69 Å². The van der Waals surface area contributed by atoms with E-state index in [0.717, 1.165) is 19.4 Å². The van der Waals surface area contributed by atoms with E-state index in [9.17, 15) is 8.78 Å². The zero-order valence-corrected chi connectivity index (χ0v) is 13.4. The summed E-state index contributed by atoms with van der Waals surface area (Å²) in [4.78, 5) is 1.91. The molecule has 0 aromatic heterocycles. The van der Waals surface area contributed by atoms with Crippen LogP contribution in [0.1, 0.15) is 46.1 Å². The van der Waals surface area contributed by atoms with Gasteiger partial charge in [0.05, 0.1) is 0 Å². The molecule has 2 rings (SSSR count). The third kappa shape index (κ3) is 3.73. The molecular weight excluding hydrogens is 270 g/mol. The Bertz CT molecular complexity index is 463. The molecular formula is C17H26F2N2. The second-order valence-electron chi connectivity index (χ2n) is 6.59. The van der Waals surface area contributed by atoms with Gasteiger partial charge in [0.1, 0.15) is 17.3 Å². The van der Waals surface area contributed by atoms with E-state index in [1.54, 1.807) is 0 Å². The molecule has 1 unspecified atom stereocenters. The van der Waals surface area contributed by atoms with Gasteiger partial charge in [-0.15, -0.1) is 0 Å². The van der Waals surface area contributed by atoms with E-state index in [4.69, 9.17) is 0 Å². The van der Waals surface area contributed by atoms with E-state index < -0.39 is 11.6 Å². The van der Waals surface area contributed by atoms with Crippen molar-refractivity contribution in [2.75, 3.05) is 11.4 Å². The number of anilines is 1. The first kappa shape index (κ1) is 16.2. The summed E-state index contributed by atoms with van der Waals surface area (Å²) in [6.45, 7) is 9.47.